The van der Waals surface area contributed by atoms with Gasteiger partial charge in [-0.05, 0) is 26.2 Å². The summed E-state index contributed by atoms with van der Waals surface area (Å²) in [5.41, 5.74) is 0. The Bertz CT molecular complexity index is 128. The maximum atomic E-state index is 5.42. The zero-order valence-corrected chi connectivity index (χ0v) is 10.6. The molecule has 1 saturated heterocycles. The first-order valence-corrected chi connectivity index (χ1v) is 5.86. The van der Waals surface area contributed by atoms with Crippen LogP contribution < -0.4 is 0 Å². The molecule has 0 aromatic heterocycles. The minimum absolute atomic E-state index is 0.406. The fourth-order valence-electron chi connectivity index (χ4n) is 1.13. The van der Waals surface area contributed by atoms with Gasteiger partial charge in [0.25, 0.3) is 0 Å². The molecule has 2 atom stereocenters. The summed E-state index contributed by atoms with van der Waals surface area (Å²) >= 11 is 0. The van der Waals surface area contributed by atoms with Crippen LogP contribution in [0.4, 0.5) is 0 Å². The van der Waals surface area contributed by atoms with Crippen LogP contribution in [-0.2, 0) is 13.9 Å². The van der Waals surface area contributed by atoms with Crippen molar-refractivity contribution in [2.45, 2.75) is 38.4 Å². The number of epoxide rings is 1. The summed E-state index contributed by atoms with van der Waals surface area (Å²) in [7, 11) is 0.851. The molecule has 0 bridgehead atoms. The highest BCUT2D eigenvalue weighted by molar-refractivity contribution is 5.98. The summed E-state index contributed by atoms with van der Waals surface area (Å²) in [6.07, 6.45) is 4.35. The highest BCUT2D eigenvalue weighted by Gasteiger charge is 2.21. The lowest BCUT2D eigenvalue weighted by Gasteiger charge is -2.09. The quantitative estimate of drug-likeness (QED) is 0.323. The molecule has 3 nitrogen and oxygen atoms in total. The third kappa shape index (κ3) is 6.21. The number of hydrogen-bond acceptors (Lipinski definition) is 3. The maximum absolute atomic E-state index is 5.42. The van der Waals surface area contributed by atoms with Gasteiger partial charge in [-0.2, -0.15) is 0 Å². The van der Waals surface area contributed by atoms with Crippen LogP contribution in [0.25, 0.3) is 0 Å². The van der Waals surface area contributed by atoms with Gasteiger partial charge in [-0.3, -0.25) is 0 Å². The summed E-state index contributed by atoms with van der Waals surface area (Å²) in [5, 5.41) is 0. The number of unbranched alkanes of at least 4 members (excludes halogenated alkanes) is 1. The van der Waals surface area contributed by atoms with Gasteiger partial charge in [-0.25, -0.2) is 0 Å². The summed E-state index contributed by atoms with van der Waals surface area (Å²) in [6.45, 7) is 4.68. The van der Waals surface area contributed by atoms with Crippen molar-refractivity contribution < 1.29 is 13.9 Å². The second-order valence-electron chi connectivity index (χ2n) is 3.57. The van der Waals surface area contributed by atoms with Gasteiger partial charge >= 0.3 is 0 Å². The van der Waals surface area contributed by atoms with Crippen molar-refractivity contribution in [1.82, 2.24) is 0 Å². The fraction of sp³-hybridized carbons (Fsp3) is 1.00. The number of ether oxygens (including phenoxy) is 2. The topological polar surface area (TPSA) is 31.0 Å². The van der Waals surface area contributed by atoms with E-state index in [0.717, 1.165) is 43.1 Å². The number of hydrogen-bond donors (Lipinski definition) is 0. The molecule has 2 unspecified atom stereocenters. The fourth-order valence-corrected chi connectivity index (χ4v) is 1.37. The van der Waals surface area contributed by atoms with E-state index in [4.69, 9.17) is 13.9 Å². The Balaban J connectivity index is 1.72. The van der Waals surface area contributed by atoms with Gasteiger partial charge in [0.15, 0.2) is 0 Å². The average molecular weight is 204 g/mol. The van der Waals surface area contributed by atoms with Crippen molar-refractivity contribution in [3.05, 3.63) is 0 Å². The SMILES string of the molecule is CC(CCCCOCC1CO1)O[SiH3]. The highest BCUT2D eigenvalue weighted by Crippen LogP contribution is 2.09. The standard InChI is InChI=1S/C9H20O3Si/c1-8(12-13)4-2-3-5-10-6-9-7-11-9/h8-9H,2-7H2,1,13H3. The molecule has 0 aromatic rings. The zero-order chi connectivity index (χ0) is 9.52. The molecule has 1 aliphatic rings. The molecule has 1 heterocycles. The van der Waals surface area contributed by atoms with Crippen LogP contribution in [0.5, 0.6) is 0 Å². The van der Waals surface area contributed by atoms with Crippen LogP contribution in [0.1, 0.15) is 26.2 Å². The molecular formula is C9H20O3Si. The van der Waals surface area contributed by atoms with E-state index < -0.39 is 0 Å². The van der Waals surface area contributed by atoms with E-state index in [1.165, 1.54) is 6.42 Å². The largest absolute Gasteiger partial charge is 0.425 e. The molecule has 1 aliphatic heterocycles. The average Bonchev–Trinajstić information content (AvgIpc) is 2.94. The lowest BCUT2D eigenvalue weighted by atomic mass is 10.2. The Labute approximate surface area is 83.3 Å². The van der Waals surface area contributed by atoms with E-state index >= 15 is 0 Å². The predicted molar refractivity (Wildman–Crippen MR) is 54.9 cm³/mol. The highest BCUT2D eigenvalue weighted by atomic mass is 28.2. The molecule has 0 aliphatic carbocycles. The molecule has 0 radical (unpaired) electrons. The van der Waals surface area contributed by atoms with Gasteiger partial charge < -0.3 is 13.9 Å². The molecule has 1 rings (SSSR count). The molecular weight excluding hydrogens is 184 g/mol. The molecule has 13 heavy (non-hydrogen) atoms. The predicted octanol–water partition coefficient (Wildman–Crippen LogP) is 0.258. The Morgan fingerprint density at radius 1 is 1.54 bits per heavy atom. The van der Waals surface area contributed by atoms with Gasteiger partial charge in [0.05, 0.1) is 13.2 Å². The van der Waals surface area contributed by atoms with Gasteiger partial charge in [-0.1, -0.05) is 0 Å². The molecule has 1 fully saturated rings. The molecule has 0 N–H and O–H groups in total. The number of rotatable bonds is 8. The summed E-state index contributed by atoms with van der Waals surface area (Å²) in [6, 6.07) is 0. The van der Waals surface area contributed by atoms with E-state index in [-0.39, 0.29) is 0 Å². The molecule has 78 valence electrons. The van der Waals surface area contributed by atoms with Crippen LogP contribution in [0.3, 0.4) is 0 Å². The molecule has 0 amide bonds. The second kappa shape index (κ2) is 6.54. The van der Waals surface area contributed by atoms with Crippen LogP contribution in [-0.4, -0.2) is 42.5 Å². The van der Waals surface area contributed by atoms with Gasteiger partial charge in [0, 0.05) is 12.7 Å². The first kappa shape index (κ1) is 11.2. The van der Waals surface area contributed by atoms with Crippen molar-refractivity contribution in [2.75, 3.05) is 19.8 Å². The monoisotopic (exact) mass is 204 g/mol. The van der Waals surface area contributed by atoms with Gasteiger partial charge in [0.1, 0.15) is 16.6 Å². The van der Waals surface area contributed by atoms with E-state index in [0.29, 0.717) is 12.2 Å². The Kier molecular flexibility index (Phi) is 5.62. The van der Waals surface area contributed by atoms with Crippen LogP contribution in [0, 0.1) is 0 Å². The normalized spacial score (nSPS) is 23.3. The molecule has 0 aromatic carbocycles. The van der Waals surface area contributed by atoms with Crippen molar-refractivity contribution >= 4 is 10.5 Å². The van der Waals surface area contributed by atoms with Crippen LogP contribution >= 0.6 is 0 Å². The summed E-state index contributed by atoms with van der Waals surface area (Å²) < 4.78 is 15.7. The maximum Gasteiger partial charge on any atom is 0.146 e. The van der Waals surface area contributed by atoms with Crippen molar-refractivity contribution in [3.8, 4) is 0 Å². The molecule has 0 spiro atoms. The summed E-state index contributed by atoms with van der Waals surface area (Å²) in [4.78, 5) is 0. The Morgan fingerprint density at radius 3 is 2.92 bits per heavy atom. The van der Waals surface area contributed by atoms with Crippen molar-refractivity contribution in [2.24, 2.45) is 0 Å². The van der Waals surface area contributed by atoms with E-state index in [9.17, 15) is 0 Å². The van der Waals surface area contributed by atoms with Crippen molar-refractivity contribution in [1.29, 1.82) is 0 Å². The van der Waals surface area contributed by atoms with E-state index in [1.807, 2.05) is 0 Å². The van der Waals surface area contributed by atoms with Crippen molar-refractivity contribution in [3.63, 3.8) is 0 Å². The van der Waals surface area contributed by atoms with E-state index in [1.54, 1.807) is 0 Å². The lowest BCUT2D eigenvalue weighted by molar-refractivity contribution is 0.110. The third-order valence-electron chi connectivity index (χ3n) is 2.26. The Morgan fingerprint density at radius 2 is 2.31 bits per heavy atom. The first-order chi connectivity index (χ1) is 6.33. The smallest absolute Gasteiger partial charge is 0.146 e. The van der Waals surface area contributed by atoms with Gasteiger partial charge in [-0.15, -0.1) is 0 Å². The Hall–Kier alpha value is 0.0969. The zero-order valence-electron chi connectivity index (χ0n) is 8.62. The lowest BCUT2D eigenvalue weighted by Crippen LogP contribution is -2.07. The van der Waals surface area contributed by atoms with Crippen LogP contribution in [0.2, 0.25) is 0 Å². The molecule has 0 saturated carbocycles. The summed E-state index contributed by atoms with van der Waals surface area (Å²) in [5.74, 6) is 0. The minimum Gasteiger partial charge on any atom is -0.425 e. The van der Waals surface area contributed by atoms with Gasteiger partial charge in [0.2, 0.25) is 0 Å². The molecule has 4 heteroatoms. The third-order valence-corrected chi connectivity index (χ3v) is 3.06. The minimum atomic E-state index is 0.406. The first-order valence-electron chi connectivity index (χ1n) is 5.05. The van der Waals surface area contributed by atoms with Crippen LogP contribution in [0.15, 0.2) is 0 Å². The second-order valence-corrected chi connectivity index (χ2v) is 4.04. The van der Waals surface area contributed by atoms with E-state index in [2.05, 4.69) is 6.92 Å².